The van der Waals surface area contributed by atoms with Gasteiger partial charge < -0.3 is 11.5 Å². The number of hydrogen-bond donors (Lipinski definition) is 2. The van der Waals surface area contributed by atoms with Gasteiger partial charge >= 0.3 is 0 Å². The molecule has 4 N–H and O–H groups in total. The van der Waals surface area contributed by atoms with E-state index in [1.807, 2.05) is 6.08 Å². The second kappa shape index (κ2) is 2.79. The van der Waals surface area contributed by atoms with E-state index < -0.39 is 0 Å². The molecule has 0 radical (unpaired) electrons. The Kier molecular flexibility index (Phi) is 1.77. The second-order valence-electron chi connectivity index (χ2n) is 3.42. The smallest absolute Gasteiger partial charge is 0.0235 e. The lowest BCUT2D eigenvalue weighted by Gasteiger charge is -1.95. The van der Waals surface area contributed by atoms with Gasteiger partial charge in [0.05, 0.1) is 0 Å². The minimum absolute atomic E-state index is 0.552. The van der Waals surface area contributed by atoms with Gasteiger partial charge in [-0.1, -0.05) is 17.7 Å². The van der Waals surface area contributed by atoms with Gasteiger partial charge in [0, 0.05) is 11.6 Å². The summed E-state index contributed by atoms with van der Waals surface area (Å²) >= 11 is 0. The van der Waals surface area contributed by atoms with E-state index in [4.69, 9.17) is 11.5 Å². The van der Waals surface area contributed by atoms with Crippen molar-refractivity contribution in [2.75, 3.05) is 6.54 Å². The average Bonchev–Trinajstić information content (AvgIpc) is 2.78. The van der Waals surface area contributed by atoms with E-state index in [-0.39, 0.29) is 0 Å². The van der Waals surface area contributed by atoms with Crippen LogP contribution in [0.15, 0.2) is 35.1 Å². The molecule has 1 saturated carbocycles. The molecule has 0 saturated heterocycles. The van der Waals surface area contributed by atoms with Crippen molar-refractivity contribution in [2.24, 2.45) is 17.4 Å². The summed E-state index contributed by atoms with van der Waals surface area (Å²) in [5.41, 5.74) is 15.1. The van der Waals surface area contributed by atoms with E-state index in [9.17, 15) is 0 Å². The predicted octanol–water partition coefficient (Wildman–Crippen LogP) is 1.06. The Morgan fingerprint density at radius 2 is 2.25 bits per heavy atom. The Labute approximate surface area is 72.6 Å². The van der Waals surface area contributed by atoms with Crippen LogP contribution in [0, 0.1) is 5.92 Å². The molecule has 0 bridgehead atoms. The van der Waals surface area contributed by atoms with E-state index in [0.717, 1.165) is 18.5 Å². The van der Waals surface area contributed by atoms with Crippen LogP contribution in [0.25, 0.3) is 0 Å². The van der Waals surface area contributed by atoms with Crippen molar-refractivity contribution in [1.29, 1.82) is 0 Å². The van der Waals surface area contributed by atoms with E-state index in [1.165, 1.54) is 11.1 Å². The third-order valence-electron chi connectivity index (χ3n) is 2.42. The minimum Gasteiger partial charge on any atom is -0.402 e. The Morgan fingerprint density at radius 1 is 1.42 bits per heavy atom. The molecule has 0 aromatic rings. The molecule has 1 unspecified atom stereocenters. The van der Waals surface area contributed by atoms with Crippen LogP contribution in [0.2, 0.25) is 0 Å². The lowest BCUT2D eigenvalue weighted by molar-refractivity contribution is 0.973. The highest BCUT2D eigenvalue weighted by molar-refractivity contribution is 5.44. The summed E-state index contributed by atoms with van der Waals surface area (Å²) in [6.07, 6.45) is 8.46. The van der Waals surface area contributed by atoms with Gasteiger partial charge in [-0.2, -0.15) is 0 Å². The lowest BCUT2D eigenvalue weighted by Crippen LogP contribution is -1.99. The normalized spacial score (nSPS) is 26.4. The van der Waals surface area contributed by atoms with E-state index in [2.05, 4.69) is 12.2 Å². The molecular formula is C10H14N2. The Bertz CT molecular complexity index is 284. The first kappa shape index (κ1) is 7.62. The molecule has 0 spiro atoms. The SMILES string of the molecule is NCCC1=CC=C(N)C2CC2=C1. The van der Waals surface area contributed by atoms with Crippen LogP contribution in [0.1, 0.15) is 12.8 Å². The molecule has 0 aromatic heterocycles. The molecule has 0 heterocycles. The fraction of sp³-hybridized carbons (Fsp3) is 0.400. The average molecular weight is 162 g/mol. The topological polar surface area (TPSA) is 52.0 Å². The van der Waals surface area contributed by atoms with E-state index >= 15 is 0 Å². The molecule has 1 fully saturated rings. The standard InChI is InChI=1S/C10H14N2/c11-4-3-7-1-2-10(12)9-6-8(9)5-7/h1-2,5,9H,3-4,6,11-12H2. The summed E-state index contributed by atoms with van der Waals surface area (Å²) in [4.78, 5) is 0. The first-order chi connectivity index (χ1) is 5.81. The molecule has 0 aromatic carbocycles. The summed E-state index contributed by atoms with van der Waals surface area (Å²) in [7, 11) is 0. The van der Waals surface area contributed by atoms with Gasteiger partial charge in [-0.15, -0.1) is 0 Å². The molecule has 2 heteroatoms. The van der Waals surface area contributed by atoms with Gasteiger partial charge in [0.25, 0.3) is 0 Å². The number of hydrogen-bond acceptors (Lipinski definition) is 2. The zero-order valence-electron chi connectivity index (χ0n) is 7.09. The highest BCUT2D eigenvalue weighted by Gasteiger charge is 2.32. The van der Waals surface area contributed by atoms with Crippen LogP contribution in [-0.4, -0.2) is 6.54 Å². The van der Waals surface area contributed by atoms with Gasteiger partial charge in [0.1, 0.15) is 0 Å². The maximum Gasteiger partial charge on any atom is 0.0235 e. The number of fused-ring (bicyclic) bond motifs is 1. The molecule has 2 aliphatic rings. The lowest BCUT2D eigenvalue weighted by atomic mass is 10.1. The third kappa shape index (κ3) is 1.30. The molecule has 2 nitrogen and oxygen atoms in total. The highest BCUT2D eigenvalue weighted by atomic mass is 14.6. The summed E-state index contributed by atoms with van der Waals surface area (Å²) < 4.78 is 0. The van der Waals surface area contributed by atoms with Crippen molar-refractivity contribution < 1.29 is 0 Å². The van der Waals surface area contributed by atoms with Crippen LogP contribution in [-0.2, 0) is 0 Å². The van der Waals surface area contributed by atoms with Crippen molar-refractivity contribution in [1.82, 2.24) is 0 Å². The highest BCUT2D eigenvalue weighted by Crippen LogP contribution is 2.43. The van der Waals surface area contributed by atoms with Crippen molar-refractivity contribution >= 4 is 0 Å². The van der Waals surface area contributed by atoms with E-state index in [0.29, 0.717) is 12.5 Å². The molecule has 2 rings (SSSR count). The summed E-state index contributed by atoms with van der Waals surface area (Å²) in [6.45, 7) is 0.716. The Hall–Kier alpha value is -1.02. The zero-order valence-corrected chi connectivity index (χ0v) is 7.09. The number of rotatable bonds is 2. The van der Waals surface area contributed by atoms with Crippen molar-refractivity contribution in [3.8, 4) is 0 Å². The Morgan fingerprint density at radius 3 is 3.00 bits per heavy atom. The predicted molar refractivity (Wildman–Crippen MR) is 50.2 cm³/mol. The largest absolute Gasteiger partial charge is 0.402 e. The molecule has 64 valence electrons. The number of allylic oxidation sites excluding steroid dienone is 4. The van der Waals surface area contributed by atoms with Crippen molar-refractivity contribution in [3.05, 3.63) is 35.1 Å². The molecule has 0 aliphatic heterocycles. The molecule has 1 atom stereocenters. The van der Waals surface area contributed by atoms with Crippen LogP contribution in [0.3, 0.4) is 0 Å². The molecular weight excluding hydrogens is 148 g/mol. The number of nitrogens with two attached hydrogens (primary N) is 2. The maximum absolute atomic E-state index is 5.82. The van der Waals surface area contributed by atoms with Crippen LogP contribution in [0.4, 0.5) is 0 Å². The van der Waals surface area contributed by atoms with Gasteiger partial charge in [-0.3, -0.25) is 0 Å². The quantitative estimate of drug-likeness (QED) is 0.638. The minimum atomic E-state index is 0.552. The monoisotopic (exact) mass is 162 g/mol. The first-order valence-corrected chi connectivity index (χ1v) is 4.38. The van der Waals surface area contributed by atoms with E-state index in [1.54, 1.807) is 0 Å². The molecule has 12 heavy (non-hydrogen) atoms. The third-order valence-corrected chi connectivity index (χ3v) is 2.42. The maximum atomic E-state index is 5.82. The zero-order chi connectivity index (χ0) is 8.55. The Balaban J connectivity index is 2.20. The summed E-state index contributed by atoms with van der Waals surface area (Å²) in [5, 5.41) is 0. The fourth-order valence-corrected chi connectivity index (χ4v) is 1.60. The fourth-order valence-electron chi connectivity index (χ4n) is 1.60. The van der Waals surface area contributed by atoms with Crippen molar-refractivity contribution in [2.45, 2.75) is 12.8 Å². The molecule has 0 amide bonds. The van der Waals surface area contributed by atoms with Crippen LogP contribution >= 0.6 is 0 Å². The summed E-state index contributed by atoms with van der Waals surface area (Å²) in [5.74, 6) is 0.552. The molecule has 2 aliphatic carbocycles. The van der Waals surface area contributed by atoms with Crippen LogP contribution < -0.4 is 11.5 Å². The second-order valence-corrected chi connectivity index (χ2v) is 3.42. The van der Waals surface area contributed by atoms with Gasteiger partial charge in [0.2, 0.25) is 0 Å². The van der Waals surface area contributed by atoms with Crippen molar-refractivity contribution in [3.63, 3.8) is 0 Å². The van der Waals surface area contributed by atoms with Gasteiger partial charge in [0.15, 0.2) is 0 Å². The first-order valence-electron chi connectivity index (χ1n) is 4.38. The van der Waals surface area contributed by atoms with Gasteiger partial charge in [-0.25, -0.2) is 0 Å². The van der Waals surface area contributed by atoms with Gasteiger partial charge in [-0.05, 0) is 31.0 Å². The summed E-state index contributed by atoms with van der Waals surface area (Å²) in [6, 6.07) is 0. The van der Waals surface area contributed by atoms with Crippen LogP contribution in [0.5, 0.6) is 0 Å².